The number of hydrogen-bond donors (Lipinski definition) is 1. The molecule has 3 rings (SSSR count). The van der Waals surface area contributed by atoms with E-state index >= 15 is 0 Å². The molecule has 0 spiro atoms. The van der Waals surface area contributed by atoms with Gasteiger partial charge < -0.3 is 10.1 Å². The Morgan fingerprint density at radius 3 is 2.32 bits per heavy atom. The van der Waals surface area contributed by atoms with E-state index in [1.54, 1.807) is 6.92 Å². The number of carbonyl (C=O) groups is 1. The number of ether oxygens (including phenoxy) is 1. The van der Waals surface area contributed by atoms with Crippen molar-refractivity contribution in [3.63, 3.8) is 0 Å². The summed E-state index contributed by atoms with van der Waals surface area (Å²) in [4.78, 5) is 14.9. The van der Waals surface area contributed by atoms with E-state index < -0.39 is 6.10 Å². The van der Waals surface area contributed by atoms with Crippen LogP contribution >= 0.6 is 0 Å². The maximum absolute atomic E-state index is 12.5. The molecule has 1 aliphatic heterocycles. The number of hydrogen-bond acceptors (Lipinski definition) is 3. The van der Waals surface area contributed by atoms with Gasteiger partial charge in [-0.2, -0.15) is 0 Å². The van der Waals surface area contributed by atoms with Gasteiger partial charge in [-0.25, -0.2) is 0 Å². The van der Waals surface area contributed by atoms with Crippen LogP contribution in [0.15, 0.2) is 48.5 Å². The van der Waals surface area contributed by atoms with Gasteiger partial charge in [0, 0.05) is 13.1 Å². The van der Waals surface area contributed by atoms with Gasteiger partial charge in [-0.05, 0) is 61.5 Å². The van der Waals surface area contributed by atoms with E-state index in [-0.39, 0.29) is 5.91 Å². The zero-order valence-corrected chi connectivity index (χ0v) is 17.3. The van der Waals surface area contributed by atoms with Crippen LogP contribution < -0.4 is 10.1 Å². The molecule has 2 aromatic carbocycles. The minimum absolute atomic E-state index is 0.0975. The van der Waals surface area contributed by atoms with Gasteiger partial charge in [0.2, 0.25) is 0 Å². The molecule has 4 nitrogen and oxygen atoms in total. The largest absolute Gasteiger partial charge is 0.481 e. The Hall–Kier alpha value is -2.33. The molecule has 1 saturated heterocycles. The number of benzene rings is 2. The summed E-state index contributed by atoms with van der Waals surface area (Å²) in [5.41, 5.74) is 3.56. The smallest absolute Gasteiger partial charge is 0.261 e. The Bertz CT molecular complexity index is 764. The average Bonchev–Trinajstić information content (AvgIpc) is 3.20. The van der Waals surface area contributed by atoms with Crippen molar-refractivity contribution in [2.24, 2.45) is 0 Å². The lowest BCUT2D eigenvalue weighted by atomic mass is 10.0. The number of likely N-dealkylation sites (tertiary alicyclic amines) is 1. The van der Waals surface area contributed by atoms with Gasteiger partial charge in [0.15, 0.2) is 6.10 Å². The molecule has 1 atom stereocenters. The molecule has 0 unspecified atom stereocenters. The molecule has 0 saturated carbocycles. The number of amides is 1. The van der Waals surface area contributed by atoms with Crippen molar-refractivity contribution < 1.29 is 9.53 Å². The van der Waals surface area contributed by atoms with Crippen LogP contribution in [0.2, 0.25) is 0 Å². The number of nitrogens with zero attached hydrogens (tertiary/aromatic N) is 1. The Morgan fingerprint density at radius 1 is 1.00 bits per heavy atom. The van der Waals surface area contributed by atoms with E-state index in [1.165, 1.54) is 31.5 Å². The highest BCUT2D eigenvalue weighted by Gasteiger charge is 2.17. The Balaban J connectivity index is 1.49. The van der Waals surface area contributed by atoms with E-state index in [0.29, 0.717) is 12.5 Å². The normalized spacial score (nSPS) is 15.6. The third kappa shape index (κ3) is 5.59. The van der Waals surface area contributed by atoms with Crippen LogP contribution in [-0.2, 0) is 17.9 Å². The molecule has 0 aromatic heterocycles. The highest BCUT2D eigenvalue weighted by atomic mass is 16.5. The van der Waals surface area contributed by atoms with Crippen LogP contribution in [0.1, 0.15) is 56.2 Å². The molecule has 0 aliphatic carbocycles. The van der Waals surface area contributed by atoms with Crippen LogP contribution in [0.4, 0.5) is 0 Å². The lowest BCUT2D eigenvalue weighted by Gasteiger charge is -2.19. The van der Waals surface area contributed by atoms with E-state index in [2.05, 4.69) is 48.3 Å². The number of carbonyl (C=O) groups excluding carboxylic acids is 1. The molecule has 28 heavy (non-hydrogen) atoms. The number of rotatable bonds is 8. The number of nitrogens with one attached hydrogen (secondary N) is 1. The molecule has 0 bridgehead atoms. The fourth-order valence-corrected chi connectivity index (χ4v) is 3.60. The summed E-state index contributed by atoms with van der Waals surface area (Å²) in [6, 6.07) is 16.5. The first-order valence-corrected chi connectivity index (χ1v) is 10.4. The van der Waals surface area contributed by atoms with E-state index in [1.807, 2.05) is 24.3 Å². The van der Waals surface area contributed by atoms with E-state index in [9.17, 15) is 4.79 Å². The monoisotopic (exact) mass is 380 g/mol. The predicted molar refractivity (Wildman–Crippen MR) is 113 cm³/mol. The summed E-state index contributed by atoms with van der Waals surface area (Å²) in [6.45, 7) is 9.99. The first-order valence-electron chi connectivity index (χ1n) is 10.4. The second kappa shape index (κ2) is 9.74. The topological polar surface area (TPSA) is 41.6 Å². The van der Waals surface area contributed by atoms with Crippen LogP contribution in [0, 0.1) is 0 Å². The molecule has 0 radical (unpaired) electrons. The van der Waals surface area contributed by atoms with Crippen LogP contribution in [0.25, 0.3) is 0 Å². The summed E-state index contributed by atoms with van der Waals surface area (Å²) < 4.78 is 5.93. The highest BCUT2D eigenvalue weighted by Crippen LogP contribution is 2.26. The van der Waals surface area contributed by atoms with Gasteiger partial charge in [-0.3, -0.25) is 9.69 Å². The van der Waals surface area contributed by atoms with Crippen LogP contribution in [-0.4, -0.2) is 30.0 Å². The number of para-hydroxylation sites is 1. The third-order valence-corrected chi connectivity index (χ3v) is 5.31. The zero-order valence-electron chi connectivity index (χ0n) is 17.3. The summed E-state index contributed by atoms with van der Waals surface area (Å²) in [5.74, 6) is 1.04. The lowest BCUT2D eigenvalue weighted by molar-refractivity contribution is -0.127. The minimum atomic E-state index is -0.533. The zero-order chi connectivity index (χ0) is 19.9. The van der Waals surface area contributed by atoms with Gasteiger partial charge in [-0.1, -0.05) is 56.3 Å². The fourth-order valence-electron chi connectivity index (χ4n) is 3.60. The molecule has 2 aromatic rings. The van der Waals surface area contributed by atoms with E-state index in [4.69, 9.17) is 4.74 Å². The molecule has 1 amide bonds. The van der Waals surface area contributed by atoms with Crippen molar-refractivity contribution in [2.45, 2.75) is 58.7 Å². The predicted octanol–water partition coefficient (Wildman–Crippen LogP) is 4.49. The van der Waals surface area contributed by atoms with Gasteiger partial charge >= 0.3 is 0 Å². The van der Waals surface area contributed by atoms with Gasteiger partial charge in [0.1, 0.15) is 5.75 Å². The quantitative estimate of drug-likeness (QED) is 0.734. The fraction of sp³-hybridized carbons (Fsp3) is 0.458. The van der Waals surface area contributed by atoms with Crippen LogP contribution in [0.5, 0.6) is 5.75 Å². The average molecular weight is 381 g/mol. The Kier molecular flexibility index (Phi) is 7.10. The molecule has 1 fully saturated rings. The Labute approximate surface area is 168 Å². The second-order valence-corrected chi connectivity index (χ2v) is 7.97. The Morgan fingerprint density at radius 2 is 1.64 bits per heavy atom. The standard InChI is InChI=1S/C24H32N2O2/c1-18(2)22-8-4-5-9-23(22)28-19(3)24(27)25-16-20-10-12-21(13-11-20)17-26-14-6-7-15-26/h4-5,8-13,18-19H,6-7,14-17H2,1-3H3,(H,25,27)/t19-/m0/s1. The third-order valence-electron chi connectivity index (χ3n) is 5.31. The lowest BCUT2D eigenvalue weighted by Crippen LogP contribution is -2.36. The summed E-state index contributed by atoms with van der Waals surface area (Å²) in [7, 11) is 0. The van der Waals surface area contributed by atoms with Crippen molar-refractivity contribution in [1.29, 1.82) is 0 Å². The van der Waals surface area contributed by atoms with E-state index in [0.717, 1.165) is 23.4 Å². The van der Waals surface area contributed by atoms with Crippen molar-refractivity contribution >= 4 is 5.91 Å². The molecule has 150 valence electrons. The highest BCUT2D eigenvalue weighted by molar-refractivity contribution is 5.80. The molecular weight excluding hydrogens is 348 g/mol. The maximum Gasteiger partial charge on any atom is 0.261 e. The SMILES string of the molecule is CC(C)c1ccccc1O[C@@H](C)C(=O)NCc1ccc(CN2CCCC2)cc1. The summed E-state index contributed by atoms with van der Waals surface area (Å²) >= 11 is 0. The van der Waals surface area contributed by atoms with Gasteiger partial charge in [0.05, 0.1) is 0 Å². The molecule has 1 aliphatic rings. The molecule has 1 N–H and O–H groups in total. The van der Waals surface area contributed by atoms with Crippen molar-refractivity contribution in [2.75, 3.05) is 13.1 Å². The summed E-state index contributed by atoms with van der Waals surface area (Å²) in [5, 5.41) is 2.99. The molecule has 1 heterocycles. The first kappa shape index (κ1) is 20.4. The maximum atomic E-state index is 12.5. The van der Waals surface area contributed by atoms with Gasteiger partial charge in [-0.15, -0.1) is 0 Å². The summed E-state index contributed by atoms with van der Waals surface area (Å²) in [6.07, 6.45) is 2.09. The van der Waals surface area contributed by atoms with Crippen LogP contribution in [0.3, 0.4) is 0 Å². The molecule has 4 heteroatoms. The van der Waals surface area contributed by atoms with Crippen molar-refractivity contribution in [3.8, 4) is 5.75 Å². The van der Waals surface area contributed by atoms with Gasteiger partial charge in [0.25, 0.3) is 5.91 Å². The first-order chi connectivity index (χ1) is 13.5. The van der Waals surface area contributed by atoms with Crippen molar-refractivity contribution in [3.05, 3.63) is 65.2 Å². The second-order valence-electron chi connectivity index (χ2n) is 7.97. The van der Waals surface area contributed by atoms with Crippen molar-refractivity contribution in [1.82, 2.24) is 10.2 Å². The molecular formula is C24H32N2O2. The minimum Gasteiger partial charge on any atom is -0.481 e.